The van der Waals surface area contributed by atoms with Gasteiger partial charge in [-0.15, -0.1) is 0 Å². The molecule has 3 nitrogen and oxygen atoms in total. The zero-order chi connectivity index (χ0) is 11.8. The second-order valence-electron chi connectivity index (χ2n) is 4.08. The van der Waals surface area contributed by atoms with Crippen molar-refractivity contribution in [2.24, 2.45) is 0 Å². The summed E-state index contributed by atoms with van der Waals surface area (Å²) >= 11 is 0. The number of aromatic nitrogens is 1. The number of aryl methyl sites for hydroxylation is 1. The molecule has 2 N–H and O–H groups in total. The molecule has 0 aliphatic heterocycles. The Morgan fingerprint density at radius 2 is 2.00 bits per heavy atom. The molecule has 0 saturated carbocycles. The molecule has 17 heavy (non-hydrogen) atoms. The second kappa shape index (κ2) is 3.63. The van der Waals surface area contributed by atoms with Crippen molar-refractivity contribution >= 4 is 16.6 Å². The zero-order valence-corrected chi connectivity index (χ0v) is 9.47. The van der Waals surface area contributed by atoms with Crippen molar-refractivity contribution in [3.63, 3.8) is 0 Å². The fourth-order valence-electron chi connectivity index (χ4n) is 1.90. The van der Waals surface area contributed by atoms with E-state index in [1.165, 1.54) is 0 Å². The predicted molar refractivity (Wildman–Crippen MR) is 70.7 cm³/mol. The van der Waals surface area contributed by atoms with E-state index in [0.717, 1.165) is 27.9 Å². The van der Waals surface area contributed by atoms with E-state index in [9.17, 15) is 0 Å². The van der Waals surface area contributed by atoms with Crippen LogP contribution in [0.25, 0.3) is 22.1 Å². The molecule has 0 saturated heterocycles. The number of hydrogen-bond donors (Lipinski definition) is 1. The average molecular weight is 226 g/mol. The van der Waals surface area contributed by atoms with Gasteiger partial charge in [-0.25, -0.2) is 4.98 Å². The highest BCUT2D eigenvalue weighted by Crippen LogP contribution is 2.26. The summed E-state index contributed by atoms with van der Waals surface area (Å²) in [7, 11) is 0. The van der Waals surface area contributed by atoms with Crippen molar-refractivity contribution in [3.05, 3.63) is 48.4 Å². The highest BCUT2D eigenvalue weighted by Gasteiger charge is 2.04. The Kier molecular flexibility index (Phi) is 2.11. The largest absolute Gasteiger partial charge is 0.461 e. The number of benzene rings is 1. The Balaban J connectivity index is 0.00000120. The van der Waals surface area contributed by atoms with Crippen LogP contribution in [-0.2, 0) is 0 Å². The van der Waals surface area contributed by atoms with Crippen molar-refractivity contribution in [2.75, 3.05) is 5.73 Å². The minimum Gasteiger partial charge on any atom is -0.461 e. The molecule has 0 amide bonds. The minimum absolute atomic E-state index is 0. The maximum Gasteiger partial charge on any atom is 0.134 e. The molecule has 0 atom stereocenters. The van der Waals surface area contributed by atoms with Crippen LogP contribution in [0.3, 0.4) is 0 Å². The first kappa shape index (κ1) is 9.90. The average Bonchev–Trinajstić information content (AvgIpc) is 2.75. The van der Waals surface area contributed by atoms with Crippen LogP contribution in [0.1, 0.15) is 7.19 Å². The summed E-state index contributed by atoms with van der Waals surface area (Å²) in [6.07, 6.45) is 1.78. The number of nitrogens with two attached hydrogens (primary N) is 1. The van der Waals surface area contributed by atoms with Crippen LogP contribution in [0.5, 0.6) is 0 Å². The summed E-state index contributed by atoms with van der Waals surface area (Å²) in [6, 6.07) is 11.9. The highest BCUT2D eigenvalue weighted by atomic mass is 16.3. The number of fused-ring (bicyclic) bond motifs is 1. The molecule has 3 rings (SSSR count). The molecule has 3 aromatic rings. The molecule has 2 heterocycles. The molecule has 3 heteroatoms. The zero-order valence-electron chi connectivity index (χ0n) is 9.47. The van der Waals surface area contributed by atoms with E-state index in [1.807, 2.05) is 37.3 Å². The van der Waals surface area contributed by atoms with Gasteiger partial charge in [0.2, 0.25) is 0 Å². The molecular weight excluding hydrogens is 212 g/mol. The fourth-order valence-corrected chi connectivity index (χ4v) is 1.90. The Morgan fingerprint density at radius 3 is 2.76 bits per heavy atom. The van der Waals surface area contributed by atoms with E-state index < -0.39 is 0 Å². The van der Waals surface area contributed by atoms with Crippen molar-refractivity contribution in [1.82, 2.24) is 4.98 Å². The predicted octanol–water partition coefficient (Wildman–Crippen LogP) is 3.63. The first-order chi connectivity index (χ1) is 8.22. The monoisotopic (exact) mass is 226 g/mol. The van der Waals surface area contributed by atoms with Gasteiger partial charge in [0.05, 0.1) is 0 Å². The van der Waals surface area contributed by atoms with Crippen LogP contribution in [0, 0.1) is 6.92 Å². The van der Waals surface area contributed by atoms with Crippen LogP contribution < -0.4 is 5.73 Å². The SMILES string of the molecule is Cc1ccc(-c2ccc3cnc(N)cc3c2)o1.[HH]. The molecule has 0 bridgehead atoms. The molecule has 86 valence electrons. The Hall–Kier alpha value is -2.29. The van der Waals surface area contributed by atoms with Crippen LogP contribution in [0.2, 0.25) is 0 Å². The quantitative estimate of drug-likeness (QED) is 0.689. The molecule has 1 aromatic carbocycles. The summed E-state index contributed by atoms with van der Waals surface area (Å²) in [5.41, 5.74) is 6.73. The van der Waals surface area contributed by atoms with Gasteiger partial charge in [0, 0.05) is 18.6 Å². The lowest BCUT2D eigenvalue weighted by molar-refractivity contribution is 0.548. The van der Waals surface area contributed by atoms with Crippen LogP contribution in [-0.4, -0.2) is 4.98 Å². The maximum atomic E-state index is 5.68. The lowest BCUT2D eigenvalue weighted by Crippen LogP contribution is -1.88. The van der Waals surface area contributed by atoms with Gasteiger partial charge in [0.15, 0.2) is 0 Å². The minimum atomic E-state index is 0. The molecule has 0 unspecified atom stereocenters. The van der Waals surface area contributed by atoms with Gasteiger partial charge in [-0.2, -0.15) is 0 Å². The summed E-state index contributed by atoms with van der Waals surface area (Å²) in [6.45, 7) is 1.94. The van der Waals surface area contributed by atoms with Crippen molar-refractivity contribution in [3.8, 4) is 11.3 Å². The molecule has 0 aliphatic carbocycles. The van der Waals surface area contributed by atoms with Gasteiger partial charge >= 0.3 is 0 Å². The van der Waals surface area contributed by atoms with E-state index in [2.05, 4.69) is 11.1 Å². The van der Waals surface area contributed by atoms with E-state index in [4.69, 9.17) is 10.2 Å². The first-order valence-electron chi connectivity index (χ1n) is 5.44. The molecular formula is C14H14N2O. The van der Waals surface area contributed by atoms with Gasteiger partial charge in [-0.3, -0.25) is 0 Å². The summed E-state index contributed by atoms with van der Waals surface area (Å²) in [5.74, 6) is 2.32. The number of pyridine rings is 1. The fraction of sp³-hybridized carbons (Fsp3) is 0.0714. The smallest absolute Gasteiger partial charge is 0.134 e. The van der Waals surface area contributed by atoms with Crippen LogP contribution in [0.4, 0.5) is 5.82 Å². The molecule has 2 aromatic heterocycles. The summed E-state index contributed by atoms with van der Waals surface area (Å²) in [4.78, 5) is 4.07. The Morgan fingerprint density at radius 1 is 1.12 bits per heavy atom. The third kappa shape index (κ3) is 1.76. The molecule has 0 spiro atoms. The number of hydrogen-bond acceptors (Lipinski definition) is 3. The van der Waals surface area contributed by atoms with Crippen LogP contribution >= 0.6 is 0 Å². The van der Waals surface area contributed by atoms with Crippen molar-refractivity contribution < 1.29 is 5.84 Å². The van der Waals surface area contributed by atoms with Gasteiger partial charge in [0.25, 0.3) is 0 Å². The first-order valence-corrected chi connectivity index (χ1v) is 5.44. The van der Waals surface area contributed by atoms with E-state index in [1.54, 1.807) is 6.20 Å². The normalized spacial score (nSPS) is 10.9. The van der Waals surface area contributed by atoms with Crippen molar-refractivity contribution in [1.29, 1.82) is 0 Å². The lowest BCUT2D eigenvalue weighted by Gasteiger charge is -2.02. The third-order valence-corrected chi connectivity index (χ3v) is 2.77. The maximum absolute atomic E-state index is 5.68. The second-order valence-corrected chi connectivity index (χ2v) is 4.08. The number of anilines is 1. The van der Waals surface area contributed by atoms with E-state index in [0.29, 0.717) is 5.82 Å². The highest BCUT2D eigenvalue weighted by molar-refractivity contribution is 5.87. The molecule has 0 fully saturated rings. The molecule has 0 radical (unpaired) electrons. The summed E-state index contributed by atoms with van der Waals surface area (Å²) < 4.78 is 5.60. The standard InChI is InChI=1S/C14H12N2O.H2/c1-9-2-5-13(17-9)10-3-4-11-8-16-14(15)7-12(11)6-10;/h2-8H,1H3,(H2,15,16);1H. The lowest BCUT2D eigenvalue weighted by atomic mass is 10.1. The number of furan rings is 1. The molecule has 0 aliphatic rings. The Bertz CT molecular complexity index is 691. The van der Waals surface area contributed by atoms with Crippen molar-refractivity contribution in [2.45, 2.75) is 6.92 Å². The van der Waals surface area contributed by atoms with E-state index in [-0.39, 0.29) is 1.43 Å². The number of nitrogens with zero attached hydrogens (tertiary/aromatic N) is 1. The Labute approximate surface area is 100 Å². The number of nitrogen functional groups attached to an aromatic ring is 1. The van der Waals surface area contributed by atoms with Gasteiger partial charge in [-0.05, 0) is 36.6 Å². The topological polar surface area (TPSA) is 52.0 Å². The van der Waals surface area contributed by atoms with Gasteiger partial charge in [0.1, 0.15) is 17.3 Å². The van der Waals surface area contributed by atoms with Crippen LogP contribution in [0.15, 0.2) is 47.0 Å². The van der Waals surface area contributed by atoms with Gasteiger partial charge in [-0.1, -0.05) is 12.1 Å². The summed E-state index contributed by atoms with van der Waals surface area (Å²) in [5, 5.41) is 2.15. The van der Waals surface area contributed by atoms with Gasteiger partial charge < -0.3 is 10.2 Å². The van der Waals surface area contributed by atoms with E-state index >= 15 is 0 Å². The number of rotatable bonds is 1. The third-order valence-electron chi connectivity index (χ3n) is 2.77.